The monoisotopic (exact) mass is 491 g/mol. The van der Waals surface area contributed by atoms with Gasteiger partial charge in [0.15, 0.2) is 5.78 Å². The summed E-state index contributed by atoms with van der Waals surface area (Å²) in [7, 11) is -4.13. The molecule has 0 bridgehead atoms. The van der Waals surface area contributed by atoms with E-state index in [0.29, 0.717) is 11.1 Å². The zero-order valence-corrected chi connectivity index (χ0v) is 20.8. The Bertz CT molecular complexity index is 1300. The molecule has 0 aromatic heterocycles. The topological polar surface area (TPSA) is 89.5 Å². The molecule has 0 aliphatic heterocycles. The Labute approximate surface area is 206 Å². The molecule has 0 heterocycles. The number of benzene rings is 3. The molecule has 0 aliphatic rings. The van der Waals surface area contributed by atoms with Gasteiger partial charge in [0.2, 0.25) is 10.0 Å². The zero-order chi connectivity index (χ0) is 25.4. The number of esters is 1. The van der Waals surface area contributed by atoms with E-state index in [2.05, 4.69) is 4.72 Å². The van der Waals surface area contributed by atoms with Crippen LogP contribution in [0.25, 0.3) is 6.08 Å². The van der Waals surface area contributed by atoms with Crippen LogP contribution in [0.15, 0.2) is 89.8 Å². The summed E-state index contributed by atoms with van der Waals surface area (Å²) in [6, 6.07) is 21.0. The van der Waals surface area contributed by atoms with Crippen LogP contribution in [0, 0.1) is 19.8 Å². The smallest absolute Gasteiger partial charge is 0.314 e. The number of ketones is 1. The van der Waals surface area contributed by atoms with Crippen molar-refractivity contribution in [1.29, 1.82) is 0 Å². The molecule has 3 rings (SSSR count). The van der Waals surface area contributed by atoms with E-state index in [1.54, 1.807) is 56.3 Å². The van der Waals surface area contributed by atoms with Gasteiger partial charge in [-0.05, 0) is 44.0 Å². The van der Waals surface area contributed by atoms with Crippen molar-refractivity contribution in [2.24, 2.45) is 5.92 Å². The molecular formula is C28H29NO5S. The molecule has 6 nitrogen and oxygen atoms in total. The number of hydrogen-bond donors (Lipinski definition) is 1. The zero-order valence-electron chi connectivity index (χ0n) is 20.0. The molecule has 0 amide bonds. The maximum atomic E-state index is 13.7. The van der Waals surface area contributed by atoms with Gasteiger partial charge in [0, 0.05) is 5.56 Å². The Kier molecular flexibility index (Phi) is 8.73. The predicted octanol–water partition coefficient (Wildman–Crippen LogP) is 4.73. The van der Waals surface area contributed by atoms with Gasteiger partial charge in [0.05, 0.1) is 17.4 Å². The quantitative estimate of drug-likeness (QED) is 0.327. The lowest BCUT2D eigenvalue weighted by Gasteiger charge is -2.24. The largest absolute Gasteiger partial charge is 0.465 e. The fourth-order valence-corrected chi connectivity index (χ4v) is 4.82. The highest BCUT2D eigenvalue weighted by atomic mass is 32.2. The Morgan fingerprint density at radius 2 is 1.54 bits per heavy atom. The van der Waals surface area contributed by atoms with Crippen molar-refractivity contribution in [2.45, 2.75) is 31.7 Å². The maximum absolute atomic E-state index is 13.7. The fraction of sp³-hybridized carbons (Fsp3) is 0.214. The highest BCUT2D eigenvalue weighted by Crippen LogP contribution is 2.21. The summed E-state index contributed by atoms with van der Waals surface area (Å²) >= 11 is 0. The van der Waals surface area contributed by atoms with Gasteiger partial charge in [-0.15, -0.1) is 0 Å². The molecule has 0 saturated carbocycles. The lowest BCUT2D eigenvalue weighted by Crippen LogP contribution is -2.48. The van der Waals surface area contributed by atoms with Gasteiger partial charge < -0.3 is 4.74 Å². The Hall–Kier alpha value is -3.55. The number of ether oxygens (including phenoxy) is 1. The minimum Gasteiger partial charge on any atom is -0.465 e. The SMILES string of the molecule is CCOC(=O)[C@@H](/C=C/c1ccccc1)[C@H](NS(=O)(=O)c1ccc(C)cc1)C(=O)c1ccccc1C. The average molecular weight is 492 g/mol. The molecule has 0 fully saturated rings. The number of rotatable bonds is 10. The highest BCUT2D eigenvalue weighted by Gasteiger charge is 2.37. The first kappa shape index (κ1) is 26.1. The molecule has 2 atom stereocenters. The van der Waals surface area contributed by atoms with Gasteiger partial charge in [-0.25, -0.2) is 8.42 Å². The standard InChI is InChI=1S/C28H29NO5S/c1-4-34-28(31)25(19-16-22-11-6-5-7-12-22)26(27(30)24-13-9-8-10-21(24)3)29-35(32,33)23-17-14-20(2)15-18-23/h5-19,25-26,29H,4H2,1-3H3/b19-16+/t25-,26-/m0/s1. The minimum absolute atomic E-state index is 0.000307. The first-order valence-corrected chi connectivity index (χ1v) is 12.8. The van der Waals surface area contributed by atoms with Crippen LogP contribution in [0.4, 0.5) is 0 Å². The molecule has 3 aromatic rings. The summed E-state index contributed by atoms with van der Waals surface area (Å²) in [5, 5.41) is 0. The van der Waals surface area contributed by atoms with Crippen LogP contribution in [0.5, 0.6) is 0 Å². The minimum atomic E-state index is -4.13. The molecule has 182 valence electrons. The molecule has 7 heteroatoms. The third-order valence-corrected chi connectivity index (χ3v) is 6.98. The van der Waals surface area contributed by atoms with Crippen LogP contribution in [-0.2, 0) is 19.6 Å². The van der Waals surface area contributed by atoms with Crippen LogP contribution in [0.2, 0.25) is 0 Å². The van der Waals surface area contributed by atoms with Crippen LogP contribution in [0.3, 0.4) is 0 Å². The third-order valence-electron chi connectivity index (χ3n) is 5.52. The van der Waals surface area contributed by atoms with Gasteiger partial charge in [-0.1, -0.05) is 84.4 Å². The molecule has 1 N–H and O–H groups in total. The number of Topliss-reactive ketones (excluding diaryl/α,β-unsaturated/α-hetero) is 1. The van der Waals surface area contributed by atoms with E-state index in [4.69, 9.17) is 4.74 Å². The maximum Gasteiger partial charge on any atom is 0.314 e. The number of hydrogen-bond acceptors (Lipinski definition) is 5. The van der Waals surface area contributed by atoms with E-state index in [1.165, 1.54) is 18.2 Å². The number of sulfonamides is 1. The molecule has 0 saturated heterocycles. The molecular weight excluding hydrogens is 462 g/mol. The second-order valence-corrected chi connectivity index (χ2v) is 9.85. The fourth-order valence-electron chi connectivity index (χ4n) is 3.60. The normalized spacial score (nSPS) is 13.3. The summed E-state index contributed by atoms with van der Waals surface area (Å²) in [5.41, 5.74) is 2.69. The lowest BCUT2D eigenvalue weighted by molar-refractivity contribution is -0.146. The van der Waals surface area contributed by atoms with E-state index >= 15 is 0 Å². The Balaban J connectivity index is 2.09. The van der Waals surface area contributed by atoms with E-state index in [0.717, 1.165) is 11.1 Å². The van der Waals surface area contributed by atoms with E-state index in [-0.39, 0.29) is 11.5 Å². The molecule has 0 aliphatic carbocycles. The number of carbonyl (C=O) groups excluding carboxylic acids is 2. The Morgan fingerprint density at radius 1 is 0.914 bits per heavy atom. The van der Waals surface area contributed by atoms with E-state index < -0.39 is 33.7 Å². The van der Waals surface area contributed by atoms with Crippen molar-refractivity contribution in [3.63, 3.8) is 0 Å². The van der Waals surface area contributed by atoms with Crippen LogP contribution < -0.4 is 4.72 Å². The van der Waals surface area contributed by atoms with Crippen molar-refractivity contribution in [3.8, 4) is 0 Å². The average Bonchev–Trinajstić information content (AvgIpc) is 2.84. The van der Waals surface area contributed by atoms with Gasteiger partial charge >= 0.3 is 5.97 Å². The summed E-state index contributed by atoms with van der Waals surface area (Å²) in [6.07, 6.45) is 3.20. The van der Waals surface area contributed by atoms with Crippen LogP contribution >= 0.6 is 0 Å². The van der Waals surface area contributed by atoms with Crippen molar-refractivity contribution < 1.29 is 22.7 Å². The second kappa shape index (κ2) is 11.7. The summed E-state index contributed by atoms with van der Waals surface area (Å²) in [4.78, 5) is 26.8. The predicted molar refractivity (Wildman–Crippen MR) is 136 cm³/mol. The highest BCUT2D eigenvalue weighted by molar-refractivity contribution is 7.89. The van der Waals surface area contributed by atoms with Crippen LogP contribution in [0.1, 0.15) is 34.0 Å². The second-order valence-electron chi connectivity index (χ2n) is 8.14. The van der Waals surface area contributed by atoms with Gasteiger partial charge in [0.25, 0.3) is 0 Å². The van der Waals surface area contributed by atoms with Crippen LogP contribution in [-0.4, -0.2) is 32.8 Å². The van der Waals surface area contributed by atoms with E-state index in [9.17, 15) is 18.0 Å². The molecule has 0 radical (unpaired) electrons. The summed E-state index contributed by atoms with van der Waals surface area (Å²) in [5.74, 6) is -2.41. The molecule has 3 aromatic carbocycles. The first-order chi connectivity index (χ1) is 16.7. The van der Waals surface area contributed by atoms with Crippen molar-refractivity contribution in [1.82, 2.24) is 4.72 Å². The van der Waals surface area contributed by atoms with Crippen molar-refractivity contribution in [2.75, 3.05) is 6.61 Å². The van der Waals surface area contributed by atoms with Gasteiger partial charge in [-0.2, -0.15) is 4.72 Å². The molecule has 35 heavy (non-hydrogen) atoms. The first-order valence-electron chi connectivity index (χ1n) is 11.3. The van der Waals surface area contributed by atoms with Gasteiger partial charge in [0.1, 0.15) is 6.04 Å². The van der Waals surface area contributed by atoms with E-state index in [1.807, 2.05) is 37.3 Å². The summed E-state index contributed by atoms with van der Waals surface area (Å²) < 4.78 is 34.3. The number of carbonyl (C=O) groups is 2. The number of nitrogens with one attached hydrogen (secondary N) is 1. The third kappa shape index (κ3) is 6.74. The van der Waals surface area contributed by atoms with Crippen molar-refractivity contribution in [3.05, 3.63) is 107 Å². The molecule has 0 unspecified atom stereocenters. The molecule has 0 spiro atoms. The van der Waals surface area contributed by atoms with Gasteiger partial charge in [-0.3, -0.25) is 9.59 Å². The lowest BCUT2D eigenvalue weighted by atomic mass is 9.90. The van der Waals surface area contributed by atoms with Crippen molar-refractivity contribution >= 4 is 27.9 Å². The summed E-state index contributed by atoms with van der Waals surface area (Å²) in [6.45, 7) is 5.35. The number of aryl methyl sites for hydroxylation is 2. The Morgan fingerprint density at radius 3 is 2.17 bits per heavy atom.